The van der Waals surface area contributed by atoms with Crippen molar-refractivity contribution in [2.24, 2.45) is 0 Å². The Labute approximate surface area is 143 Å². The maximum atomic E-state index is 12.3. The minimum Gasteiger partial charge on any atom is -0.483 e. The average molecular weight is 333 g/mol. The van der Waals surface area contributed by atoms with Crippen molar-refractivity contribution in [2.45, 2.75) is 53.0 Å². The molecule has 132 valence electrons. The molecule has 0 aliphatic carbocycles. The third-order valence-corrected chi connectivity index (χ3v) is 4.37. The van der Waals surface area contributed by atoms with E-state index in [-0.39, 0.29) is 18.4 Å². The third kappa shape index (κ3) is 4.69. The smallest absolute Gasteiger partial charge is 0.258 e. The zero-order valence-corrected chi connectivity index (χ0v) is 15.0. The number of hydrogen-bond acceptors (Lipinski definition) is 4. The molecule has 1 saturated heterocycles. The van der Waals surface area contributed by atoms with Gasteiger partial charge < -0.3 is 15.0 Å². The second-order valence-corrected chi connectivity index (χ2v) is 6.44. The van der Waals surface area contributed by atoms with Crippen LogP contribution in [0.25, 0.3) is 0 Å². The summed E-state index contributed by atoms with van der Waals surface area (Å²) in [5.41, 5.74) is 2.66. The number of aromatic nitrogens is 1. The Hall–Kier alpha value is -2.11. The van der Waals surface area contributed by atoms with Crippen LogP contribution in [-0.4, -0.2) is 47.4 Å². The number of piperidine rings is 1. The van der Waals surface area contributed by atoms with Gasteiger partial charge in [0.25, 0.3) is 5.91 Å². The van der Waals surface area contributed by atoms with Gasteiger partial charge in [0.1, 0.15) is 11.8 Å². The van der Waals surface area contributed by atoms with Gasteiger partial charge >= 0.3 is 0 Å². The SMILES string of the molecule is Cc1cc(OCC(=O)N[C@@H](C)C(=O)N2CCCCC2)c(C)c(C)n1. The molecule has 24 heavy (non-hydrogen) atoms. The van der Waals surface area contributed by atoms with Gasteiger partial charge in [0, 0.05) is 36.1 Å². The molecular weight excluding hydrogens is 306 g/mol. The number of carbonyl (C=O) groups is 2. The van der Waals surface area contributed by atoms with E-state index < -0.39 is 6.04 Å². The van der Waals surface area contributed by atoms with E-state index in [0.29, 0.717) is 5.75 Å². The highest BCUT2D eigenvalue weighted by molar-refractivity contribution is 5.87. The van der Waals surface area contributed by atoms with Gasteiger partial charge in [0.15, 0.2) is 6.61 Å². The van der Waals surface area contributed by atoms with Crippen LogP contribution < -0.4 is 10.1 Å². The fraction of sp³-hybridized carbons (Fsp3) is 0.611. The molecule has 1 aliphatic heterocycles. The topological polar surface area (TPSA) is 71.5 Å². The van der Waals surface area contributed by atoms with Gasteiger partial charge in [-0.05, 0) is 47.0 Å². The molecule has 0 saturated carbocycles. The number of nitrogens with one attached hydrogen (secondary N) is 1. The van der Waals surface area contributed by atoms with Crippen molar-refractivity contribution in [1.29, 1.82) is 0 Å². The fourth-order valence-corrected chi connectivity index (χ4v) is 2.88. The van der Waals surface area contributed by atoms with Crippen LogP contribution in [0.3, 0.4) is 0 Å². The van der Waals surface area contributed by atoms with Crippen LogP contribution in [-0.2, 0) is 9.59 Å². The zero-order chi connectivity index (χ0) is 17.7. The highest BCUT2D eigenvalue weighted by Gasteiger charge is 2.23. The third-order valence-electron chi connectivity index (χ3n) is 4.37. The van der Waals surface area contributed by atoms with Gasteiger partial charge in [-0.2, -0.15) is 0 Å². The number of carbonyl (C=O) groups excluding carboxylic acids is 2. The molecule has 0 radical (unpaired) electrons. The van der Waals surface area contributed by atoms with E-state index in [1.807, 2.05) is 31.7 Å². The van der Waals surface area contributed by atoms with Crippen molar-refractivity contribution >= 4 is 11.8 Å². The Morgan fingerprint density at radius 3 is 2.58 bits per heavy atom. The van der Waals surface area contributed by atoms with Crippen LogP contribution in [0.4, 0.5) is 0 Å². The standard InChI is InChI=1S/C18H27N3O3/c1-12-10-16(13(2)14(3)19-12)24-11-17(22)20-15(4)18(23)21-8-6-5-7-9-21/h10,15H,5-9,11H2,1-4H3,(H,20,22)/t15-/m0/s1. The lowest BCUT2D eigenvalue weighted by Gasteiger charge is -2.29. The molecule has 0 unspecified atom stereocenters. The number of nitrogens with zero attached hydrogens (tertiary/aromatic N) is 2. The van der Waals surface area contributed by atoms with Gasteiger partial charge in [0.05, 0.1) is 0 Å². The maximum absolute atomic E-state index is 12.3. The number of likely N-dealkylation sites (tertiary alicyclic amines) is 1. The van der Waals surface area contributed by atoms with E-state index in [4.69, 9.17) is 4.74 Å². The molecule has 2 rings (SSSR count). The quantitative estimate of drug-likeness (QED) is 0.893. The van der Waals surface area contributed by atoms with Crippen LogP contribution >= 0.6 is 0 Å². The molecule has 6 heteroatoms. The van der Waals surface area contributed by atoms with E-state index in [1.165, 1.54) is 6.42 Å². The van der Waals surface area contributed by atoms with Crippen LogP contribution in [0.1, 0.15) is 43.1 Å². The van der Waals surface area contributed by atoms with Crippen LogP contribution in [0, 0.1) is 20.8 Å². The summed E-state index contributed by atoms with van der Waals surface area (Å²) in [7, 11) is 0. The number of pyridine rings is 1. The number of rotatable bonds is 5. The predicted molar refractivity (Wildman–Crippen MR) is 92.0 cm³/mol. The molecule has 2 heterocycles. The minimum atomic E-state index is -0.527. The molecule has 1 aromatic heterocycles. The summed E-state index contributed by atoms with van der Waals surface area (Å²) in [6, 6.07) is 1.29. The minimum absolute atomic E-state index is 0.0187. The first-order valence-corrected chi connectivity index (χ1v) is 8.54. The number of aryl methyl sites for hydroxylation is 2. The maximum Gasteiger partial charge on any atom is 0.258 e. The molecule has 2 amide bonds. The Bertz CT molecular complexity index is 610. The largest absolute Gasteiger partial charge is 0.483 e. The summed E-state index contributed by atoms with van der Waals surface area (Å²) in [5.74, 6) is 0.347. The highest BCUT2D eigenvalue weighted by atomic mass is 16.5. The lowest BCUT2D eigenvalue weighted by Crippen LogP contribution is -2.49. The number of ether oxygens (including phenoxy) is 1. The molecule has 1 atom stereocenters. The summed E-state index contributed by atoms with van der Waals surface area (Å²) in [4.78, 5) is 30.6. The van der Waals surface area contributed by atoms with Crippen LogP contribution in [0.15, 0.2) is 6.07 Å². The molecular formula is C18H27N3O3. The van der Waals surface area contributed by atoms with Gasteiger partial charge in [-0.25, -0.2) is 0 Å². The first kappa shape index (κ1) is 18.2. The molecule has 1 aliphatic rings. The molecule has 1 N–H and O–H groups in total. The fourth-order valence-electron chi connectivity index (χ4n) is 2.88. The van der Waals surface area contributed by atoms with Crippen LogP contribution in [0.5, 0.6) is 5.75 Å². The van der Waals surface area contributed by atoms with Gasteiger partial charge in [-0.3, -0.25) is 14.6 Å². The van der Waals surface area contributed by atoms with E-state index in [0.717, 1.165) is 42.9 Å². The van der Waals surface area contributed by atoms with E-state index in [1.54, 1.807) is 6.92 Å². The molecule has 1 aromatic rings. The first-order chi connectivity index (χ1) is 11.4. The predicted octanol–water partition coefficient (Wildman–Crippen LogP) is 1.90. The summed E-state index contributed by atoms with van der Waals surface area (Å²) < 4.78 is 5.61. The van der Waals surface area contributed by atoms with E-state index >= 15 is 0 Å². The monoisotopic (exact) mass is 333 g/mol. The summed E-state index contributed by atoms with van der Waals surface area (Å²) in [5, 5.41) is 2.73. The average Bonchev–Trinajstić information content (AvgIpc) is 2.56. The summed E-state index contributed by atoms with van der Waals surface area (Å²) in [6.07, 6.45) is 3.24. The van der Waals surface area contributed by atoms with Crippen molar-refractivity contribution in [3.63, 3.8) is 0 Å². The number of hydrogen-bond donors (Lipinski definition) is 1. The molecule has 0 bridgehead atoms. The van der Waals surface area contributed by atoms with E-state index in [9.17, 15) is 9.59 Å². The Kier molecular flexibility index (Phi) is 6.17. The Morgan fingerprint density at radius 1 is 1.25 bits per heavy atom. The normalized spacial score (nSPS) is 15.8. The zero-order valence-electron chi connectivity index (χ0n) is 15.0. The highest BCUT2D eigenvalue weighted by Crippen LogP contribution is 2.20. The molecule has 0 spiro atoms. The van der Waals surface area contributed by atoms with Gasteiger partial charge in [0.2, 0.25) is 5.91 Å². The Balaban J connectivity index is 1.85. The second-order valence-electron chi connectivity index (χ2n) is 6.44. The molecule has 0 aromatic carbocycles. The van der Waals surface area contributed by atoms with Gasteiger partial charge in [-0.1, -0.05) is 0 Å². The van der Waals surface area contributed by atoms with Crippen molar-refractivity contribution in [3.8, 4) is 5.75 Å². The Morgan fingerprint density at radius 2 is 1.92 bits per heavy atom. The van der Waals surface area contributed by atoms with Crippen molar-refractivity contribution in [2.75, 3.05) is 19.7 Å². The van der Waals surface area contributed by atoms with E-state index in [2.05, 4.69) is 10.3 Å². The molecule has 6 nitrogen and oxygen atoms in total. The summed E-state index contributed by atoms with van der Waals surface area (Å²) >= 11 is 0. The van der Waals surface area contributed by atoms with Crippen molar-refractivity contribution in [3.05, 3.63) is 23.0 Å². The summed E-state index contributed by atoms with van der Waals surface area (Å²) in [6.45, 7) is 8.89. The van der Waals surface area contributed by atoms with Crippen molar-refractivity contribution < 1.29 is 14.3 Å². The second kappa shape index (κ2) is 8.13. The lowest BCUT2D eigenvalue weighted by atomic mass is 10.1. The van der Waals surface area contributed by atoms with Crippen LogP contribution in [0.2, 0.25) is 0 Å². The lowest BCUT2D eigenvalue weighted by molar-refractivity contribution is -0.137. The number of amides is 2. The first-order valence-electron chi connectivity index (χ1n) is 8.54. The van der Waals surface area contributed by atoms with Gasteiger partial charge in [-0.15, -0.1) is 0 Å². The molecule has 1 fully saturated rings. The van der Waals surface area contributed by atoms with Crippen molar-refractivity contribution in [1.82, 2.24) is 15.2 Å².